The van der Waals surface area contributed by atoms with Gasteiger partial charge in [0, 0.05) is 25.4 Å². The second kappa shape index (κ2) is 6.20. The molecule has 0 unspecified atom stereocenters. The molecule has 4 fully saturated rings. The third-order valence-corrected chi connectivity index (χ3v) is 6.88. The van der Waals surface area contributed by atoms with Crippen molar-refractivity contribution >= 4 is 5.91 Å². The summed E-state index contributed by atoms with van der Waals surface area (Å²) in [5.74, 6) is 1.37. The SMILES string of the molecule is O=C(CC12C[C@H]3C[C@@H](CC(O)(C3)C1)C2)NCc1ccc(-n2cccn2)cc1. The van der Waals surface area contributed by atoms with E-state index < -0.39 is 5.60 Å². The zero-order chi connectivity index (χ0) is 18.5. The van der Waals surface area contributed by atoms with Gasteiger partial charge in [-0.15, -0.1) is 0 Å². The Morgan fingerprint density at radius 3 is 2.56 bits per heavy atom. The van der Waals surface area contributed by atoms with E-state index in [-0.39, 0.29) is 11.3 Å². The number of aromatic nitrogens is 2. The highest BCUT2D eigenvalue weighted by Crippen LogP contribution is 2.62. The molecule has 0 saturated heterocycles. The smallest absolute Gasteiger partial charge is 0.220 e. The molecule has 4 bridgehead atoms. The third-order valence-electron chi connectivity index (χ3n) is 6.88. The lowest BCUT2D eigenvalue weighted by atomic mass is 9.47. The predicted octanol–water partition coefficient (Wildman–Crippen LogP) is 3.21. The van der Waals surface area contributed by atoms with Crippen molar-refractivity contribution in [3.63, 3.8) is 0 Å². The maximum Gasteiger partial charge on any atom is 0.220 e. The van der Waals surface area contributed by atoms with E-state index in [2.05, 4.69) is 10.4 Å². The molecule has 2 atom stereocenters. The lowest BCUT2D eigenvalue weighted by Gasteiger charge is -2.60. The Balaban J connectivity index is 1.19. The first-order valence-corrected chi connectivity index (χ1v) is 10.1. The molecule has 1 heterocycles. The minimum atomic E-state index is -0.493. The zero-order valence-corrected chi connectivity index (χ0v) is 15.6. The van der Waals surface area contributed by atoms with Crippen LogP contribution >= 0.6 is 0 Å². The standard InChI is InChI=1S/C22H27N3O2/c26-20(13-21-9-17-8-18(10-21)12-22(27,11-17)15-21)23-14-16-2-4-19(5-3-16)25-7-1-6-24-25/h1-7,17-18,27H,8-15H2,(H,23,26)/t17-,18-,21?,22?/m1/s1. The Morgan fingerprint density at radius 2 is 1.93 bits per heavy atom. The second-order valence-corrected chi connectivity index (χ2v) is 9.26. The molecule has 4 saturated carbocycles. The summed E-state index contributed by atoms with van der Waals surface area (Å²) in [5, 5.41) is 18.2. The minimum Gasteiger partial charge on any atom is -0.390 e. The van der Waals surface area contributed by atoms with E-state index in [0.29, 0.717) is 24.8 Å². The summed E-state index contributed by atoms with van der Waals surface area (Å²) < 4.78 is 1.82. The van der Waals surface area contributed by atoms with Crippen LogP contribution in [0.1, 0.15) is 50.5 Å². The molecule has 5 nitrogen and oxygen atoms in total. The van der Waals surface area contributed by atoms with Crippen LogP contribution in [-0.4, -0.2) is 26.4 Å². The summed E-state index contributed by atoms with van der Waals surface area (Å²) in [6.07, 6.45) is 10.5. The monoisotopic (exact) mass is 365 g/mol. The molecule has 142 valence electrons. The highest BCUT2D eigenvalue weighted by atomic mass is 16.3. The molecule has 0 radical (unpaired) electrons. The lowest BCUT2D eigenvalue weighted by Crippen LogP contribution is -2.56. The van der Waals surface area contributed by atoms with Crippen LogP contribution in [0.4, 0.5) is 0 Å². The maximum absolute atomic E-state index is 12.7. The van der Waals surface area contributed by atoms with Crippen LogP contribution in [0.15, 0.2) is 42.7 Å². The molecule has 27 heavy (non-hydrogen) atoms. The highest BCUT2D eigenvalue weighted by molar-refractivity contribution is 5.76. The van der Waals surface area contributed by atoms with Gasteiger partial charge in [0.25, 0.3) is 0 Å². The van der Waals surface area contributed by atoms with Crippen molar-refractivity contribution in [2.75, 3.05) is 0 Å². The zero-order valence-electron chi connectivity index (χ0n) is 15.6. The number of hydrogen-bond donors (Lipinski definition) is 2. The van der Waals surface area contributed by atoms with Crippen molar-refractivity contribution < 1.29 is 9.90 Å². The molecule has 2 aromatic rings. The van der Waals surface area contributed by atoms with Gasteiger partial charge in [0.05, 0.1) is 11.3 Å². The number of amides is 1. The van der Waals surface area contributed by atoms with Gasteiger partial charge in [0.1, 0.15) is 0 Å². The van der Waals surface area contributed by atoms with Gasteiger partial charge in [-0.25, -0.2) is 4.68 Å². The Hall–Kier alpha value is -2.14. The summed E-state index contributed by atoms with van der Waals surface area (Å²) in [6, 6.07) is 10.00. The maximum atomic E-state index is 12.7. The van der Waals surface area contributed by atoms with Crippen LogP contribution in [0.3, 0.4) is 0 Å². The van der Waals surface area contributed by atoms with Crippen LogP contribution in [0.25, 0.3) is 5.69 Å². The predicted molar refractivity (Wildman–Crippen MR) is 102 cm³/mol. The minimum absolute atomic E-state index is 0.0346. The van der Waals surface area contributed by atoms with Gasteiger partial charge in [-0.3, -0.25) is 4.79 Å². The lowest BCUT2D eigenvalue weighted by molar-refractivity contribution is -0.169. The molecule has 4 aliphatic carbocycles. The average molecular weight is 365 g/mol. The fourth-order valence-electron chi connectivity index (χ4n) is 6.40. The van der Waals surface area contributed by atoms with Gasteiger partial charge in [0.2, 0.25) is 5.91 Å². The topological polar surface area (TPSA) is 67.2 Å². The highest BCUT2D eigenvalue weighted by Gasteiger charge is 2.57. The number of benzene rings is 1. The fourth-order valence-corrected chi connectivity index (χ4v) is 6.40. The van der Waals surface area contributed by atoms with Crippen LogP contribution in [0.5, 0.6) is 0 Å². The van der Waals surface area contributed by atoms with Crippen molar-refractivity contribution in [1.82, 2.24) is 15.1 Å². The van der Waals surface area contributed by atoms with E-state index in [1.54, 1.807) is 6.20 Å². The number of hydrogen-bond acceptors (Lipinski definition) is 3. The van der Waals surface area contributed by atoms with Crippen LogP contribution in [0, 0.1) is 17.3 Å². The molecular weight excluding hydrogens is 338 g/mol. The Morgan fingerprint density at radius 1 is 1.19 bits per heavy atom. The fraction of sp³-hybridized carbons (Fsp3) is 0.545. The number of nitrogens with one attached hydrogen (secondary N) is 1. The number of carbonyl (C=O) groups excluding carboxylic acids is 1. The van der Waals surface area contributed by atoms with Gasteiger partial charge < -0.3 is 10.4 Å². The van der Waals surface area contributed by atoms with Crippen LogP contribution < -0.4 is 5.32 Å². The molecule has 0 aliphatic heterocycles. The first-order valence-electron chi connectivity index (χ1n) is 10.1. The summed E-state index contributed by atoms with van der Waals surface area (Å²) in [4.78, 5) is 12.7. The summed E-state index contributed by atoms with van der Waals surface area (Å²) in [5.41, 5.74) is 1.64. The first-order chi connectivity index (χ1) is 13.0. The van der Waals surface area contributed by atoms with E-state index in [1.165, 1.54) is 6.42 Å². The van der Waals surface area contributed by atoms with E-state index in [4.69, 9.17) is 0 Å². The molecule has 1 aromatic heterocycles. The van der Waals surface area contributed by atoms with Crippen LogP contribution in [-0.2, 0) is 11.3 Å². The van der Waals surface area contributed by atoms with Crippen molar-refractivity contribution in [2.45, 2.75) is 57.1 Å². The van der Waals surface area contributed by atoms with E-state index >= 15 is 0 Å². The van der Waals surface area contributed by atoms with Crippen molar-refractivity contribution in [2.24, 2.45) is 17.3 Å². The number of carbonyl (C=O) groups is 1. The van der Waals surface area contributed by atoms with E-state index in [1.807, 2.05) is 41.2 Å². The molecule has 5 heteroatoms. The van der Waals surface area contributed by atoms with E-state index in [0.717, 1.165) is 43.4 Å². The van der Waals surface area contributed by atoms with Gasteiger partial charge in [0.15, 0.2) is 0 Å². The van der Waals surface area contributed by atoms with Gasteiger partial charge >= 0.3 is 0 Å². The molecule has 4 aliphatic rings. The van der Waals surface area contributed by atoms with Crippen LogP contribution in [0.2, 0.25) is 0 Å². The normalized spacial score (nSPS) is 34.0. The van der Waals surface area contributed by atoms with Gasteiger partial charge in [-0.2, -0.15) is 5.10 Å². The van der Waals surface area contributed by atoms with Crippen molar-refractivity contribution in [3.05, 3.63) is 48.3 Å². The van der Waals surface area contributed by atoms with E-state index in [9.17, 15) is 9.90 Å². The molecule has 0 spiro atoms. The number of rotatable bonds is 5. The van der Waals surface area contributed by atoms with Gasteiger partial charge in [-0.1, -0.05) is 12.1 Å². The van der Waals surface area contributed by atoms with Gasteiger partial charge in [-0.05, 0) is 79.5 Å². The quantitative estimate of drug-likeness (QED) is 0.855. The Labute approximate surface area is 159 Å². The largest absolute Gasteiger partial charge is 0.390 e. The Kier molecular flexibility index (Phi) is 3.90. The molecule has 1 amide bonds. The summed E-state index contributed by atoms with van der Waals surface area (Å²) >= 11 is 0. The number of aliphatic hydroxyl groups is 1. The molecular formula is C22H27N3O2. The van der Waals surface area contributed by atoms with Crippen molar-refractivity contribution in [1.29, 1.82) is 0 Å². The number of nitrogens with zero attached hydrogens (tertiary/aromatic N) is 2. The molecule has 1 aromatic carbocycles. The summed E-state index contributed by atoms with van der Waals surface area (Å²) in [6.45, 7) is 0.547. The summed E-state index contributed by atoms with van der Waals surface area (Å²) in [7, 11) is 0. The third kappa shape index (κ3) is 3.29. The first kappa shape index (κ1) is 17.0. The average Bonchev–Trinajstić information content (AvgIpc) is 3.12. The Bertz CT molecular complexity index is 814. The molecule has 2 N–H and O–H groups in total. The van der Waals surface area contributed by atoms with Crippen molar-refractivity contribution in [3.8, 4) is 5.69 Å². The second-order valence-electron chi connectivity index (χ2n) is 9.26. The molecule has 6 rings (SSSR count).